The second-order valence-electron chi connectivity index (χ2n) is 8.55. The fourth-order valence-electron chi connectivity index (χ4n) is 4.43. The van der Waals surface area contributed by atoms with E-state index in [1.807, 2.05) is 24.3 Å². The normalized spacial score (nSPS) is 17.9. The molecule has 4 rings (SSSR count). The molecule has 0 spiro atoms. The van der Waals surface area contributed by atoms with Crippen molar-refractivity contribution in [1.29, 1.82) is 0 Å². The average molecular weight is 485 g/mol. The molecular formula is C25H32N4O4S. The van der Waals surface area contributed by atoms with Crippen LogP contribution in [0.15, 0.2) is 57.8 Å². The highest BCUT2D eigenvalue weighted by molar-refractivity contribution is 7.90. The monoisotopic (exact) mass is 484 g/mol. The molecule has 0 aromatic heterocycles. The van der Waals surface area contributed by atoms with E-state index in [1.165, 1.54) is 30.9 Å². The van der Waals surface area contributed by atoms with E-state index in [0.29, 0.717) is 24.5 Å². The Balaban J connectivity index is 1.42. The molecule has 2 aromatic carbocycles. The summed E-state index contributed by atoms with van der Waals surface area (Å²) in [5.74, 6) is 1.36. The predicted molar refractivity (Wildman–Crippen MR) is 134 cm³/mol. The number of rotatable bonds is 8. The molecule has 1 saturated heterocycles. The fraction of sp³-hybridized carbons (Fsp3) is 0.400. The largest absolute Gasteiger partial charge is 0.496 e. The second-order valence-corrected chi connectivity index (χ2v) is 10.1. The summed E-state index contributed by atoms with van der Waals surface area (Å²) in [6.07, 6.45) is 8.20. The minimum atomic E-state index is -3.84. The minimum Gasteiger partial charge on any atom is -0.496 e. The molecule has 1 fully saturated rings. The summed E-state index contributed by atoms with van der Waals surface area (Å²) in [7, 11) is -0.592. The number of likely N-dealkylation sites (tertiary alicyclic amines) is 1. The van der Waals surface area contributed by atoms with Crippen LogP contribution in [0.1, 0.15) is 30.4 Å². The third kappa shape index (κ3) is 5.37. The highest BCUT2D eigenvalue weighted by atomic mass is 32.2. The lowest BCUT2D eigenvalue weighted by atomic mass is 10.1. The van der Waals surface area contributed by atoms with Crippen LogP contribution in [-0.4, -0.2) is 53.1 Å². The van der Waals surface area contributed by atoms with Crippen molar-refractivity contribution >= 4 is 21.7 Å². The summed E-state index contributed by atoms with van der Waals surface area (Å²) in [6, 6.07) is 11.4. The van der Waals surface area contributed by atoms with Crippen molar-refractivity contribution in [2.24, 2.45) is 10.1 Å². The molecule has 0 saturated carbocycles. The molecule has 0 bridgehead atoms. The first-order valence-electron chi connectivity index (χ1n) is 11.5. The molecule has 0 atom stereocenters. The van der Waals surface area contributed by atoms with Crippen molar-refractivity contribution in [2.45, 2.75) is 37.1 Å². The number of nitrogens with zero attached hydrogens (tertiary/aromatic N) is 3. The van der Waals surface area contributed by atoms with Gasteiger partial charge in [-0.25, -0.2) is 0 Å². The lowest BCUT2D eigenvalue weighted by molar-refractivity contribution is 0.220. The molecule has 2 N–H and O–H groups in total. The summed E-state index contributed by atoms with van der Waals surface area (Å²) < 4.78 is 40.0. The van der Waals surface area contributed by atoms with Crippen molar-refractivity contribution < 1.29 is 17.9 Å². The first-order chi connectivity index (χ1) is 16.4. The predicted octanol–water partition coefficient (Wildman–Crippen LogP) is 3.31. The molecule has 34 heavy (non-hydrogen) atoms. The maximum absolute atomic E-state index is 12.5. The molecule has 0 radical (unpaired) electrons. The molecule has 2 aromatic rings. The number of hydrogen-bond acceptors (Lipinski definition) is 7. The Kier molecular flexibility index (Phi) is 7.43. The van der Waals surface area contributed by atoms with Gasteiger partial charge in [0.15, 0.2) is 0 Å². The van der Waals surface area contributed by atoms with E-state index in [0.717, 1.165) is 30.9 Å². The Hall–Kier alpha value is -3.04. The molecular weight excluding hydrogens is 452 g/mol. The molecule has 0 unspecified atom stereocenters. The Bertz CT molecular complexity index is 1190. The molecule has 182 valence electrons. The highest BCUT2D eigenvalue weighted by Gasteiger charge is 2.31. The van der Waals surface area contributed by atoms with E-state index >= 15 is 0 Å². The summed E-state index contributed by atoms with van der Waals surface area (Å²) in [5, 5.41) is 0. The van der Waals surface area contributed by atoms with Gasteiger partial charge in [0.25, 0.3) is 10.0 Å². The fourth-order valence-corrected chi connectivity index (χ4v) is 5.64. The Morgan fingerprint density at radius 2 is 1.91 bits per heavy atom. The molecule has 2 aliphatic heterocycles. The molecule has 9 heteroatoms. The van der Waals surface area contributed by atoms with Gasteiger partial charge in [0.05, 0.1) is 12.8 Å². The lowest BCUT2D eigenvalue weighted by Crippen LogP contribution is -2.39. The number of guanidine groups is 1. The van der Waals surface area contributed by atoms with Crippen molar-refractivity contribution in [3.63, 3.8) is 0 Å². The van der Waals surface area contributed by atoms with Crippen LogP contribution in [0, 0.1) is 0 Å². The zero-order valence-corrected chi connectivity index (χ0v) is 20.6. The van der Waals surface area contributed by atoms with Crippen LogP contribution in [0.5, 0.6) is 11.5 Å². The number of benzene rings is 2. The number of piperidine rings is 1. The molecule has 2 aliphatic rings. The van der Waals surface area contributed by atoms with Crippen molar-refractivity contribution in [3.05, 3.63) is 59.7 Å². The Labute approximate surface area is 201 Å². The lowest BCUT2D eigenvalue weighted by Gasteiger charge is -2.28. The molecule has 0 amide bonds. The number of hydrogen-bond donors (Lipinski definition) is 1. The number of allylic oxidation sites excluding steroid dienone is 1. The number of fused-ring (bicyclic) bond motifs is 1. The van der Waals surface area contributed by atoms with Crippen LogP contribution in [0.3, 0.4) is 0 Å². The third-order valence-corrected chi connectivity index (χ3v) is 7.49. The van der Waals surface area contributed by atoms with E-state index in [4.69, 9.17) is 15.2 Å². The van der Waals surface area contributed by atoms with Gasteiger partial charge in [-0.2, -0.15) is 8.42 Å². The zero-order chi connectivity index (χ0) is 24.1. The van der Waals surface area contributed by atoms with Crippen molar-refractivity contribution in [3.8, 4) is 11.5 Å². The maximum Gasteiger partial charge on any atom is 0.287 e. The van der Waals surface area contributed by atoms with Crippen molar-refractivity contribution in [1.82, 2.24) is 4.90 Å². The van der Waals surface area contributed by atoms with Gasteiger partial charge < -0.3 is 20.1 Å². The number of nitrogens with two attached hydrogens (primary N) is 1. The van der Waals surface area contributed by atoms with Gasteiger partial charge in [0.1, 0.15) is 23.0 Å². The van der Waals surface area contributed by atoms with Gasteiger partial charge in [0, 0.05) is 19.2 Å². The smallest absolute Gasteiger partial charge is 0.287 e. The van der Waals surface area contributed by atoms with Crippen LogP contribution in [0.4, 0.5) is 5.69 Å². The summed E-state index contributed by atoms with van der Waals surface area (Å²) in [5.41, 5.74) is 8.33. The van der Waals surface area contributed by atoms with Crippen LogP contribution >= 0.6 is 0 Å². The van der Waals surface area contributed by atoms with Crippen molar-refractivity contribution in [2.75, 3.05) is 38.8 Å². The van der Waals surface area contributed by atoms with Gasteiger partial charge in [-0.15, -0.1) is 4.40 Å². The molecule has 8 nitrogen and oxygen atoms in total. The van der Waals surface area contributed by atoms with Gasteiger partial charge in [-0.3, -0.25) is 4.90 Å². The van der Waals surface area contributed by atoms with E-state index < -0.39 is 10.0 Å². The quantitative estimate of drug-likeness (QED) is 0.574. The topological polar surface area (TPSA) is 97.5 Å². The summed E-state index contributed by atoms with van der Waals surface area (Å²) in [6.45, 7) is 3.68. The summed E-state index contributed by atoms with van der Waals surface area (Å²) >= 11 is 0. The van der Waals surface area contributed by atoms with E-state index in [1.54, 1.807) is 25.1 Å². The zero-order valence-electron chi connectivity index (χ0n) is 19.7. The molecule has 0 aliphatic carbocycles. The SMILES string of the molecule is COc1ccc2c(c1C/C=C\COc1cccc(CN3CCCCC3)c1)N(C)C(N)=NS2(=O)=O. The van der Waals surface area contributed by atoms with E-state index in [2.05, 4.69) is 21.4 Å². The Morgan fingerprint density at radius 3 is 2.68 bits per heavy atom. The minimum absolute atomic E-state index is 0.0706. The number of sulfonamides is 1. The Morgan fingerprint density at radius 1 is 1.12 bits per heavy atom. The number of methoxy groups -OCH3 is 1. The molecule has 2 heterocycles. The van der Waals surface area contributed by atoms with E-state index in [9.17, 15) is 8.42 Å². The van der Waals surface area contributed by atoms with Crippen LogP contribution in [0.2, 0.25) is 0 Å². The van der Waals surface area contributed by atoms with Gasteiger partial charge in [-0.1, -0.05) is 30.7 Å². The second kappa shape index (κ2) is 10.5. The average Bonchev–Trinajstić information content (AvgIpc) is 2.82. The summed E-state index contributed by atoms with van der Waals surface area (Å²) in [4.78, 5) is 4.19. The number of anilines is 1. The third-order valence-electron chi connectivity index (χ3n) is 6.18. The van der Waals surface area contributed by atoms with Crippen LogP contribution in [0.25, 0.3) is 0 Å². The standard InChI is InChI=1S/C25H32N4O4S/c1-28-24-21(22(32-2)12-13-23(24)34(30,31)27-25(28)26)11-4-7-16-33-20-10-8-9-19(17-20)18-29-14-5-3-6-15-29/h4,7-10,12-13,17H,3,5-6,11,14-16,18H2,1-2H3,(H2,26,27)/b7-4-. The van der Waals surface area contributed by atoms with Crippen LogP contribution in [-0.2, 0) is 23.0 Å². The van der Waals surface area contributed by atoms with Gasteiger partial charge >= 0.3 is 0 Å². The van der Waals surface area contributed by atoms with Crippen LogP contribution < -0.4 is 20.1 Å². The number of ether oxygens (including phenoxy) is 2. The van der Waals surface area contributed by atoms with Gasteiger partial charge in [0.2, 0.25) is 5.96 Å². The first-order valence-corrected chi connectivity index (χ1v) is 13.0. The first kappa shape index (κ1) is 24.1. The highest BCUT2D eigenvalue weighted by Crippen LogP contribution is 2.38. The van der Waals surface area contributed by atoms with E-state index in [-0.39, 0.29) is 10.9 Å². The van der Waals surface area contributed by atoms with Gasteiger partial charge in [-0.05, 0) is 62.2 Å². The maximum atomic E-state index is 12.5.